The van der Waals surface area contributed by atoms with Crippen molar-refractivity contribution in [3.63, 3.8) is 0 Å². The topological polar surface area (TPSA) is 76.4 Å². The van der Waals surface area contributed by atoms with Gasteiger partial charge in [-0.15, -0.1) is 11.3 Å². The van der Waals surface area contributed by atoms with Crippen LogP contribution in [-0.4, -0.2) is 26.3 Å². The van der Waals surface area contributed by atoms with E-state index in [4.69, 9.17) is 11.6 Å². The molecule has 0 radical (unpaired) electrons. The minimum atomic E-state index is -0.221. The number of nitrogens with one attached hydrogen (secondary N) is 1. The van der Waals surface area contributed by atoms with Gasteiger partial charge < -0.3 is 5.32 Å². The van der Waals surface area contributed by atoms with E-state index >= 15 is 0 Å². The van der Waals surface area contributed by atoms with Gasteiger partial charge in [-0.3, -0.25) is 9.59 Å². The maximum absolute atomic E-state index is 12.9. The summed E-state index contributed by atoms with van der Waals surface area (Å²) in [5.41, 5.74) is 3.31. The first-order valence-corrected chi connectivity index (χ1v) is 10.9. The molecule has 3 heterocycles. The first-order valence-electron chi connectivity index (χ1n) is 9.69. The van der Waals surface area contributed by atoms with E-state index in [0.29, 0.717) is 43.6 Å². The third kappa shape index (κ3) is 3.68. The van der Waals surface area contributed by atoms with Crippen LogP contribution in [0.1, 0.15) is 25.6 Å². The van der Waals surface area contributed by atoms with Gasteiger partial charge >= 0.3 is 0 Å². The maximum Gasteiger partial charge on any atom is 0.255 e. The average molecular weight is 459 g/mol. The summed E-state index contributed by atoms with van der Waals surface area (Å²) in [4.78, 5) is 30.4. The Labute approximate surface area is 192 Å². The van der Waals surface area contributed by atoms with Crippen LogP contribution in [-0.2, 0) is 0 Å². The molecule has 0 unspecified atom stereocenters. The fourth-order valence-corrected chi connectivity index (χ4v) is 4.28. The molecule has 1 amide bonds. The fraction of sp³-hybridized carbons (Fsp3) is 0. The molecule has 0 aliphatic rings. The standard InChI is InChI=1S/C24H15ClN4O2S/c25-19-9-8-16(28-24(31)15-5-2-1-3-6-15)13-17(19)20-10-11-26-23-18(14-27-29(20)23)22(30)21-7-4-12-32-21/h1-14H,(H,28,31). The van der Waals surface area contributed by atoms with Crippen LogP contribution in [0.2, 0.25) is 5.02 Å². The van der Waals surface area contributed by atoms with Crippen molar-refractivity contribution in [2.45, 2.75) is 0 Å². The maximum atomic E-state index is 12.9. The van der Waals surface area contributed by atoms with Crippen molar-refractivity contribution in [3.8, 4) is 11.3 Å². The van der Waals surface area contributed by atoms with Gasteiger partial charge in [0.15, 0.2) is 5.65 Å². The molecule has 156 valence electrons. The summed E-state index contributed by atoms with van der Waals surface area (Å²) in [7, 11) is 0. The summed E-state index contributed by atoms with van der Waals surface area (Å²) in [5, 5.41) is 9.62. The van der Waals surface area contributed by atoms with Crippen LogP contribution in [0, 0.1) is 0 Å². The number of aromatic nitrogens is 3. The Morgan fingerprint density at radius 1 is 1.00 bits per heavy atom. The van der Waals surface area contributed by atoms with E-state index in [-0.39, 0.29) is 11.7 Å². The minimum absolute atomic E-state index is 0.130. The Morgan fingerprint density at radius 2 is 1.84 bits per heavy atom. The van der Waals surface area contributed by atoms with Crippen LogP contribution in [0.5, 0.6) is 0 Å². The molecule has 32 heavy (non-hydrogen) atoms. The highest BCUT2D eigenvalue weighted by Gasteiger charge is 2.19. The van der Waals surface area contributed by atoms with Crippen molar-refractivity contribution in [2.24, 2.45) is 0 Å². The van der Waals surface area contributed by atoms with Crippen molar-refractivity contribution < 1.29 is 9.59 Å². The third-order valence-electron chi connectivity index (χ3n) is 4.93. The van der Waals surface area contributed by atoms with E-state index in [1.807, 2.05) is 29.6 Å². The molecule has 1 N–H and O–H groups in total. The zero-order chi connectivity index (χ0) is 22.1. The lowest BCUT2D eigenvalue weighted by atomic mass is 10.1. The molecule has 0 saturated heterocycles. The van der Waals surface area contributed by atoms with Crippen molar-refractivity contribution in [3.05, 3.63) is 106 Å². The number of halogens is 1. The number of fused-ring (bicyclic) bond motifs is 1. The molecular weight excluding hydrogens is 444 g/mol. The molecule has 2 aromatic carbocycles. The molecule has 0 saturated carbocycles. The first-order chi connectivity index (χ1) is 15.6. The highest BCUT2D eigenvalue weighted by atomic mass is 35.5. The van der Waals surface area contributed by atoms with Crippen molar-refractivity contribution in [1.82, 2.24) is 14.6 Å². The Morgan fingerprint density at radius 3 is 2.62 bits per heavy atom. The minimum Gasteiger partial charge on any atom is -0.322 e. The summed E-state index contributed by atoms with van der Waals surface area (Å²) in [5.74, 6) is -0.351. The van der Waals surface area contributed by atoms with Crippen LogP contribution in [0.4, 0.5) is 5.69 Å². The highest BCUT2D eigenvalue weighted by Crippen LogP contribution is 2.31. The van der Waals surface area contributed by atoms with Gasteiger partial charge in [0.2, 0.25) is 5.78 Å². The molecule has 5 rings (SSSR count). The molecule has 0 atom stereocenters. The smallest absolute Gasteiger partial charge is 0.255 e. The SMILES string of the molecule is O=C(Nc1ccc(Cl)c(-c2ccnc3c(C(=O)c4cccs4)cnn23)c1)c1ccccc1. The Kier molecular flexibility index (Phi) is 5.26. The highest BCUT2D eigenvalue weighted by molar-refractivity contribution is 7.12. The fourth-order valence-electron chi connectivity index (χ4n) is 3.39. The zero-order valence-corrected chi connectivity index (χ0v) is 18.1. The number of anilines is 1. The molecule has 0 bridgehead atoms. The normalized spacial score (nSPS) is 10.9. The number of hydrogen-bond donors (Lipinski definition) is 1. The molecule has 0 spiro atoms. The van der Waals surface area contributed by atoms with Crippen molar-refractivity contribution in [1.29, 1.82) is 0 Å². The molecule has 8 heteroatoms. The first kappa shape index (κ1) is 20.1. The predicted octanol–water partition coefficient (Wildman–Crippen LogP) is 5.59. The Hall–Kier alpha value is -3.81. The van der Waals surface area contributed by atoms with E-state index in [1.54, 1.807) is 53.2 Å². The quantitative estimate of drug-likeness (QED) is 0.348. The zero-order valence-electron chi connectivity index (χ0n) is 16.5. The molecular formula is C24H15ClN4O2S. The molecule has 0 fully saturated rings. The molecule has 6 nitrogen and oxygen atoms in total. The second-order valence-electron chi connectivity index (χ2n) is 6.94. The predicted molar refractivity (Wildman–Crippen MR) is 126 cm³/mol. The lowest BCUT2D eigenvalue weighted by Gasteiger charge is -2.11. The monoisotopic (exact) mass is 458 g/mol. The van der Waals surface area contributed by atoms with Gasteiger partial charge in [-0.1, -0.05) is 35.9 Å². The van der Waals surface area contributed by atoms with Crippen LogP contribution in [0.25, 0.3) is 16.9 Å². The second kappa shape index (κ2) is 8.37. The molecule has 0 aliphatic carbocycles. The van der Waals surface area contributed by atoms with Gasteiger partial charge in [0.05, 0.1) is 27.4 Å². The van der Waals surface area contributed by atoms with Gasteiger partial charge in [0, 0.05) is 23.0 Å². The van der Waals surface area contributed by atoms with Gasteiger partial charge in [-0.2, -0.15) is 5.10 Å². The van der Waals surface area contributed by atoms with Crippen LogP contribution >= 0.6 is 22.9 Å². The number of ketones is 1. The number of rotatable bonds is 5. The largest absolute Gasteiger partial charge is 0.322 e. The summed E-state index contributed by atoms with van der Waals surface area (Å²) < 4.78 is 1.59. The third-order valence-corrected chi connectivity index (χ3v) is 6.13. The van der Waals surface area contributed by atoms with E-state index < -0.39 is 0 Å². The number of thiophene rings is 1. The van der Waals surface area contributed by atoms with E-state index in [1.165, 1.54) is 17.5 Å². The summed E-state index contributed by atoms with van der Waals surface area (Å²) >= 11 is 7.87. The average Bonchev–Trinajstić information content (AvgIpc) is 3.51. The number of benzene rings is 2. The number of carbonyl (C=O) groups is 2. The van der Waals surface area contributed by atoms with Gasteiger partial charge in [-0.25, -0.2) is 9.50 Å². The Bertz CT molecular complexity index is 1450. The second-order valence-corrected chi connectivity index (χ2v) is 8.30. The molecule has 5 aromatic rings. The molecule has 3 aromatic heterocycles. The van der Waals surface area contributed by atoms with Crippen LogP contribution in [0.15, 0.2) is 84.5 Å². The van der Waals surface area contributed by atoms with Crippen molar-refractivity contribution in [2.75, 3.05) is 5.32 Å². The van der Waals surface area contributed by atoms with Crippen LogP contribution < -0.4 is 5.32 Å². The summed E-state index contributed by atoms with van der Waals surface area (Å²) in [6.45, 7) is 0. The van der Waals surface area contributed by atoms with Gasteiger partial charge in [0.25, 0.3) is 5.91 Å². The van der Waals surface area contributed by atoms with Gasteiger partial charge in [-0.05, 0) is 47.8 Å². The van der Waals surface area contributed by atoms with E-state index in [0.717, 1.165) is 0 Å². The lowest BCUT2D eigenvalue weighted by Crippen LogP contribution is -2.11. The number of carbonyl (C=O) groups excluding carboxylic acids is 2. The van der Waals surface area contributed by atoms with E-state index in [9.17, 15) is 9.59 Å². The van der Waals surface area contributed by atoms with E-state index in [2.05, 4.69) is 15.4 Å². The molecule has 0 aliphatic heterocycles. The van der Waals surface area contributed by atoms with Crippen LogP contribution in [0.3, 0.4) is 0 Å². The number of hydrogen-bond acceptors (Lipinski definition) is 5. The Balaban J connectivity index is 1.53. The number of nitrogens with zero attached hydrogens (tertiary/aromatic N) is 3. The summed E-state index contributed by atoms with van der Waals surface area (Å²) in [6.07, 6.45) is 3.13. The lowest BCUT2D eigenvalue weighted by molar-refractivity contribution is 0.102. The van der Waals surface area contributed by atoms with Gasteiger partial charge in [0.1, 0.15) is 0 Å². The van der Waals surface area contributed by atoms with Crippen molar-refractivity contribution >= 4 is 46.0 Å². The number of amides is 1. The summed E-state index contributed by atoms with van der Waals surface area (Å²) in [6, 6.07) is 19.6.